The number of rotatable bonds is 6. The molecule has 0 saturated carbocycles. The summed E-state index contributed by atoms with van der Waals surface area (Å²) in [4.78, 5) is 3.27. The summed E-state index contributed by atoms with van der Waals surface area (Å²) in [5.41, 5.74) is 2.37. The number of nitrogens with zero attached hydrogens (tertiary/aromatic N) is 4. The number of ether oxygens (including phenoxy) is 1. The predicted octanol–water partition coefficient (Wildman–Crippen LogP) is 4.12. The molecule has 7 nitrogen and oxygen atoms in total. The van der Waals surface area contributed by atoms with Gasteiger partial charge >= 0.3 is 0 Å². The highest BCUT2D eigenvalue weighted by Crippen LogP contribution is 2.33. The zero-order valence-electron chi connectivity index (χ0n) is 18.2. The highest BCUT2D eigenvalue weighted by Gasteiger charge is 2.33. The van der Waals surface area contributed by atoms with Gasteiger partial charge in [0.15, 0.2) is 0 Å². The summed E-state index contributed by atoms with van der Waals surface area (Å²) in [6.45, 7) is 2.06. The maximum absolute atomic E-state index is 13.7. The van der Waals surface area contributed by atoms with Gasteiger partial charge in [-0.25, -0.2) is 13.1 Å². The normalized spacial score (nSPS) is 15.0. The molecule has 0 unspecified atom stereocenters. The summed E-state index contributed by atoms with van der Waals surface area (Å²) in [5, 5.41) is 6.59. The Morgan fingerprint density at radius 1 is 0.879 bits per heavy atom. The molecule has 170 valence electrons. The number of anilines is 1. The van der Waals surface area contributed by atoms with E-state index in [2.05, 4.69) is 10.00 Å². The Balaban J connectivity index is 1.42. The maximum Gasteiger partial charge on any atom is 0.247 e. The van der Waals surface area contributed by atoms with E-state index < -0.39 is 10.0 Å². The topological polar surface area (TPSA) is 67.7 Å². The van der Waals surface area contributed by atoms with Crippen LogP contribution < -0.4 is 9.64 Å². The molecule has 3 heterocycles. The third-order valence-corrected chi connectivity index (χ3v) is 8.53. The van der Waals surface area contributed by atoms with Crippen LogP contribution in [0.25, 0.3) is 16.3 Å². The van der Waals surface area contributed by atoms with Crippen molar-refractivity contribution in [2.75, 3.05) is 38.2 Å². The Labute approximate surface area is 197 Å². The van der Waals surface area contributed by atoms with Gasteiger partial charge in [-0.2, -0.15) is 9.40 Å². The standard InChI is InChI=1S/C24H24N4O3S2/c1-31-21-11-9-19(10-12-21)26-13-15-27(16-14-26)33(29,30)23-18-28(20-6-3-2-4-7-20)25-24(23)22-8-5-17-32-22/h2-12,17-18H,13-16H2,1H3. The van der Waals surface area contributed by atoms with Gasteiger partial charge in [0.2, 0.25) is 10.0 Å². The summed E-state index contributed by atoms with van der Waals surface area (Å²) >= 11 is 1.48. The van der Waals surface area contributed by atoms with E-state index in [1.807, 2.05) is 72.1 Å². The Morgan fingerprint density at radius 2 is 1.61 bits per heavy atom. The number of sulfonamides is 1. The highest BCUT2D eigenvalue weighted by atomic mass is 32.2. The molecule has 9 heteroatoms. The van der Waals surface area contributed by atoms with E-state index in [1.54, 1.807) is 22.3 Å². The SMILES string of the molecule is COc1ccc(N2CCN(S(=O)(=O)c3cn(-c4ccccc4)nc3-c3cccs3)CC2)cc1. The molecular weight excluding hydrogens is 456 g/mol. The van der Waals surface area contributed by atoms with E-state index in [4.69, 9.17) is 4.74 Å². The molecule has 0 N–H and O–H groups in total. The van der Waals surface area contributed by atoms with Crippen molar-refractivity contribution in [2.24, 2.45) is 0 Å². The van der Waals surface area contributed by atoms with Gasteiger partial charge in [0, 0.05) is 31.9 Å². The Morgan fingerprint density at radius 3 is 2.24 bits per heavy atom. The van der Waals surface area contributed by atoms with Gasteiger partial charge in [-0.15, -0.1) is 11.3 Å². The molecule has 0 atom stereocenters. The van der Waals surface area contributed by atoms with Crippen molar-refractivity contribution in [3.63, 3.8) is 0 Å². The highest BCUT2D eigenvalue weighted by molar-refractivity contribution is 7.89. The van der Waals surface area contributed by atoms with Crippen molar-refractivity contribution in [3.05, 3.63) is 78.3 Å². The number of thiophene rings is 1. The van der Waals surface area contributed by atoms with E-state index in [0.29, 0.717) is 31.9 Å². The average molecular weight is 481 g/mol. The van der Waals surface area contributed by atoms with Crippen LogP contribution in [-0.2, 0) is 10.0 Å². The summed E-state index contributed by atoms with van der Waals surface area (Å²) in [7, 11) is -2.07. The molecule has 1 saturated heterocycles. The van der Waals surface area contributed by atoms with Crippen molar-refractivity contribution in [3.8, 4) is 22.0 Å². The monoisotopic (exact) mass is 480 g/mol. The molecule has 1 aliphatic heterocycles. The average Bonchev–Trinajstić information content (AvgIpc) is 3.55. The van der Waals surface area contributed by atoms with Crippen LogP contribution in [0.4, 0.5) is 5.69 Å². The van der Waals surface area contributed by atoms with Crippen molar-refractivity contribution in [1.29, 1.82) is 0 Å². The second-order valence-corrected chi connectivity index (χ2v) is 10.5. The lowest BCUT2D eigenvalue weighted by Crippen LogP contribution is -2.48. The molecule has 0 amide bonds. The molecule has 0 bridgehead atoms. The third-order valence-electron chi connectivity index (χ3n) is 5.75. The largest absolute Gasteiger partial charge is 0.497 e. The predicted molar refractivity (Wildman–Crippen MR) is 131 cm³/mol. The number of hydrogen-bond donors (Lipinski definition) is 0. The minimum atomic E-state index is -3.71. The number of hydrogen-bond acceptors (Lipinski definition) is 6. The Kier molecular flexibility index (Phi) is 5.92. The first-order valence-corrected chi connectivity index (χ1v) is 13.0. The molecular formula is C24H24N4O3S2. The zero-order valence-corrected chi connectivity index (χ0v) is 19.8. The molecule has 2 aromatic heterocycles. The number of para-hydroxylation sites is 1. The fourth-order valence-corrected chi connectivity index (χ4v) is 6.30. The molecule has 2 aromatic carbocycles. The third kappa shape index (κ3) is 4.27. The second-order valence-electron chi connectivity index (χ2n) is 7.69. The van der Waals surface area contributed by atoms with Crippen molar-refractivity contribution < 1.29 is 13.2 Å². The second kappa shape index (κ2) is 9.01. The van der Waals surface area contributed by atoms with Gasteiger partial charge in [0.05, 0.1) is 23.9 Å². The van der Waals surface area contributed by atoms with Crippen molar-refractivity contribution in [2.45, 2.75) is 4.90 Å². The molecule has 1 fully saturated rings. The van der Waals surface area contributed by atoms with Crippen molar-refractivity contribution >= 4 is 27.0 Å². The Hall–Kier alpha value is -3.14. The fraction of sp³-hybridized carbons (Fsp3) is 0.208. The van der Waals surface area contributed by atoms with E-state index >= 15 is 0 Å². The maximum atomic E-state index is 13.7. The zero-order chi connectivity index (χ0) is 22.8. The van der Waals surface area contributed by atoms with Gasteiger partial charge in [0.1, 0.15) is 16.3 Å². The van der Waals surface area contributed by atoms with Gasteiger partial charge in [-0.1, -0.05) is 24.3 Å². The first kappa shape index (κ1) is 21.7. The lowest BCUT2D eigenvalue weighted by molar-refractivity contribution is 0.385. The van der Waals surface area contributed by atoms with E-state index in [0.717, 1.165) is 22.0 Å². The molecule has 33 heavy (non-hydrogen) atoms. The van der Waals surface area contributed by atoms with Gasteiger partial charge < -0.3 is 9.64 Å². The van der Waals surface area contributed by atoms with Gasteiger partial charge in [-0.3, -0.25) is 0 Å². The minimum Gasteiger partial charge on any atom is -0.497 e. The summed E-state index contributed by atoms with van der Waals surface area (Å²) < 4.78 is 35.9. The van der Waals surface area contributed by atoms with Crippen LogP contribution in [0, 0.1) is 0 Å². The van der Waals surface area contributed by atoms with E-state index in [-0.39, 0.29) is 4.90 Å². The summed E-state index contributed by atoms with van der Waals surface area (Å²) in [6.07, 6.45) is 1.63. The first-order chi connectivity index (χ1) is 16.1. The van der Waals surface area contributed by atoms with Gasteiger partial charge in [-0.05, 0) is 47.8 Å². The van der Waals surface area contributed by atoms with Crippen LogP contribution in [-0.4, -0.2) is 55.8 Å². The van der Waals surface area contributed by atoms with Crippen LogP contribution in [0.3, 0.4) is 0 Å². The molecule has 0 spiro atoms. The fourth-order valence-electron chi connectivity index (χ4n) is 3.96. The van der Waals surface area contributed by atoms with Gasteiger partial charge in [0.25, 0.3) is 0 Å². The summed E-state index contributed by atoms with van der Waals surface area (Å²) in [6, 6.07) is 21.2. The summed E-state index contributed by atoms with van der Waals surface area (Å²) in [5.74, 6) is 0.802. The quantitative estimate of drug-likeness (QED) is 0.415. The van der Waals surface area contributed by atoms with Crippen LogP contribution in [0.15, 0.2) is 83.2 Å². The number of methoxy groups -OCH3 is 1. The van der Waals surface area contributed by atoms with Crippen LogP contribution in [0.2, 0.25) is 0 Å². The van der Waals surface area contributed by atoms with Crippen LogP contribution in [0.5, 0.6) is 5.75 Å². The molecule has 4 aromatic rings. The molecule has 5 rings (SSSR count). The van der Waals surface area contributed by atoms with Crippen LogP contribution >= 0.6 is 11.3 Å². The van der Waals surface area contributed by atoms with Crippen molar-refractivity contribution in [1.82, 2.24) is 14.1 Å². The Bertz CT molecular complexity index is 1310. The number of benzene rings is 2. The molecule has 0 radical (unpaired) electrons. The first-order valence-electron chi connectivity index (χ1n) is 10.6. The van der Waals surface area contributed by atoms with Crippen LogP contribution in [0.1, 0.15) is 0 Å². The minimum absolute atomic E-state index is 0.242. The molecule has 0 aliphatic carbocycles. The molecule has 1 aliphatic rings. The smallest absolute Gasteiger partial charge is 0.247 e. The number of piperazine rings is 1. The lowest BCUT2D eigenvalue weighted by Gasteiger charge is -2.35. The van der Waals surface area contributed by atoms with E-state index in [9.17, 15) is 8.42 Å². The lowest BCUT2D eigenvalue weighted by atomic mass is 10.2. The number of aromatic nitrogens is 2. The van der Waals surface area contributed by atoms with E-state index in [1.165, 1.54) is 11.3 Å².